The van der Waals surface area contributed by atoms with Crippen molar-refractivity contribution in [3.63, 3.8) is 0 Å². The Morgan fingerprint density at radius 1 is 0.789 bits per heavy atom. The summed E-state index contributed by atoms with van der Waals surface area (Å²) in [7, 11) is 0. The number of rotatable bonds is 13. The van der Waals surface area contributed by atoms with Crippen molar-refractivity contribution in [3.8, 4) is 0 Å². The van der Waals surface area contributed by atoms with Gasteiger partial charge in [-0.1, -0.05) is 64.7 Å². The zero-order chi connectivity index (χ0) is 14.3. The molecule has 0 aliphatic heterocycles. The lowest BCUT2D eigenvalue weighted by atomic mass is 10.1. The summed E-state index contributed by atoms with van der Waals surface area (Å²) < 4.78 is 0. The Morgan fingerprint density at radius 3 is 1.74 bits per heavy atom. The highest BCUT2D eigenvalue weighted by Gasteiger charge is 1.96. The average molecular weight is 267 g/mol. The molecular formula is C17H33NO. The van der Waals surface area contributed by atoms with Gasteiger partial charge in [-0.25, -0.2) is 0 Å². The van der Waals surface area contributed by atoms with Crippen LogP contribution in [0, 0.1) is 0 Å². The van der Waals surface area contributed by atoms with Gasteiger partial charge in [0.05, 0.1) is 0 Å². The molecule has 0 fully saturated rings. The third-order valence-corrected chi connectivity index (χ3v) is 3.40. The minimum Gasteiger partial charge on any atom is -0.300 e. The number of Topliss-reactive ketones (excluding diaryl/α,β-unsaturated/α-hetero) is 1. The summed E-state index contributed by atoms with van der Waals surface area (Å²) in [5.41, 5.74) is 0.989. The maximum Gasteiger partial charge on any atom is 0.135 e. The van der Waals surface area contributed by atoms with Crippen molar-refractivity contribution < 1.29 is 4.79 Å². The Bertz CT molecular complexity index is 246. The van der Waals surface area contributed by atoms with E-state index in [4.69, 9.17) is 0 Å². The summed E-state index contributed by atoms with van der Waals surface area (Å²) in [5, 5.41) is 0. The van der Waals surface area contributed by atoms with Gasteiger partial charge in [0.1, 0.15) is 5.78 Å². The Kier molecular flexibility index (Phi) is 13.3. The second kappa shape index (κ2) is 13.8. The van der Waals surface area contributed by atoms with Crippen LogP contribution in [0.4, 0.5) is 0 Å². The molecular weight excluding hydrogens is 234 g/mol. The van der Waals surface area contributed by atoms with E-state index in [0.717, 1.165) is 12.3 Å². The van der Waals surface area contributed by atoms with Crippen molar-refractivity contribution in [3.05, 3.63) is 0 Å². The van der Waals surface area contributed by atoms with E-state index >= 15 is 0 Å². The van der Waals surface area contributed by atoms with E-state index in [1.165, 1.54) is 64.2 Å². The number of aliphatic imine (C=N–C) groups is 1. The molecule has 0 saturated carbocycles. The van der Waals surface area contributed by atoms with E-state index < -0.39 is 0 Å². The van der Waals surface area contributed by atoms with E-state index in [-0.39, 0.29) is 5.78 Å². The smallest absolute Gasteiger partial charge is 0.135 e. The van der Waals surface area contributed by atoms with Gasteiger partial charge in [0, 0.05) is 18.7 Å². The Morgan fingerprint density at radius 2 is 1.26 bits per heavy atom. The van der Waals surface area contributed by atoms with Crippen molar-refractivity contribution in [1.82, 2.24) is 0 Å². The van der Waals surface area contributed by atoms with Gasteiger partial charge in [0.15, 0.2) is 0 Å². The number of unbranched alkanes of at least 4 members (excludes halogenated alkanes) is 9. The molecule has 0 radical (unpaired) electrons. The number of carbonyl (C=O) groups excluding carboxylic acids is 1. The normalized spacial score (nSPS) is 11.8. The summed E-state index contributed by atoms with van der Waals surface area (Å²) in [6.45, 7) is 6.74. The molecule has 0 spiro atoms. The summed E-state index contributed by atoms with van der Waals surface area (Å²) in [4.78, 5) is 15.3. The lowest BCUT2D eigenvalue weighted by Gasteiger charge is -2.02. The fraction of sp³-hybridized carbons (Fsp3) is 0.882. The first-order valence-electron chi connectivity index (χ1n) is 8.16. The predicted molar refractivity (Wildman–Crippen MR) is 85.1 cm³/mol. The molecule has 0 bridgehead atoms. The molecule has 0 unspecified atom stereocenters. The molecule has 0 aliphatic carbocycles. The van der Waals surface area contributed by atoms with E-state index in [2.05, 4.69) is 11.9 Å². The van der Waals surface area contributed by atoms with Crippen LogP contribution in [-0.2, 0) is 4.79 Å². The maximum absolute atomic E-state index is 10.9. The summed E-state index contributed by atoms with van der Waals surface area (Å²) in [6, 6.07) is 0. The molecule has 0 rings (SSSR count). The number of ketones is 1. The molecule has 2 heteroatoms. The van der Waals surface area contributed by atoms with E-state index in [1.807, 2.05) is 6.92 Å². The maximum atomic E-state index is 10.9. The SMILES string of the molecule is CCCCCCCCCCCC/N=C(\C)CC(C)=O. The first kappa shape index (κ1) is 18.3. The standard InChI is InChI=1S/C17H33NO/c1-4-5-6-7-8-9-10-11-12-13-14-18-16(2)15-17(3)19/h4-15H2,1-3H3/b18-16+. The van der Waals surface area contributed by atoms with Gasteiger partial charge in [0.2, 0.25) is 0 Å². The monoisotopic (exact) mass is 267 g/mol. The molecule has 2 nitrogen and oxygen atoms in total. The number of nitrogens with zero attached hydrogens (tertiary/aromatic N) is 1. The molecule has 0 amide bonds. The van der Waals surface area contributed by atoms with Crippen LogP contribution in [-0.4, -0.2) is 18.0 Å². The quantitative estimate of drug-likeness (QED) is 0.327. The van der Waals surface area contributed by atoms with E-state index in [9.17, 15) is 4.79 Å². The minimum absolute atomic E-state index is 0.212. The van der Waals surface area contributed by atoms with Crippen LogP contribution in [0.2, 0.25) is 0 Å². The molecule has 0 aromatic rings. The zero-order valence-electron chi connectivity index (χ0n) is 13.3. The highest BCUT2D eigenvalue weighted by atomic mass is 16.1. The van der Waals surface area contributed by atoms with Gasteiger partial charge in [-0.2, -0.15) is 0 Å². The molecule has 0 aromatic carbocycles. The highest BCUT2D eigenvalue weighted by Crippen LogP contribution is 2.10. The molecule has 0 heterocycles. The Labute approximate surface area is 120 Å². The second-order valence-corrected chi connectivity index (χ2v) is 5.68. The molecule has 0 atom stereocenters. The number of hydrogen-bond acceptors (Lipinski definition) is 2. The Balaban J connectivity index is 3.20. The van der Waals surface area contributed by atoms with Gasteiger partial charge >= 0.3 is 0 Å². The summed E-state index contributed by atoms with van der Waals surface area (Å²) in [5.74, 6) is 0.212. The van der Waals surface area contributed by atoms with Gasteiger partial charge < -0.3 is 0 Å². The van der Waals surface area contributed by atoms with Crippen LogP contribution >= 0.6 is 0 Å². The topological polar surface area (TPSA) is 29.4 Å². The van der Waals surface area contributed by atoms with Crippen molar-refractivity contribution in [1.29, 1.82) is 0 Å². The molecule has 19 heavy (non-hydrogen) atoms. The molecule has 0 N–H and O–H groups in total. The third kappa shape index (κ3) is 15.3. The fourth-order valence-corrected chi connectivity index (χ4v) is 2.29. The summed E-state index contributed by atoms with van der Waals surface area (Å²) >= 11 is 0. The average Bonchev–Trinajstić information content (AvgIpc) is 2.35. The highest BCUT2D eigenvalue weighted by molar-refractivity contribution is 5.99. The van der Waals surface area contributed by atoms with Crippen LogP contribution in [0.5, 0.6) is 0 Å². The van der Waals surface area contributed by atoms with Gasteiger partial charge in [-0.3, -0.25) is 9.79 Å². The van der Waals surface area contributed by atoms with Gasteiger partial charge in [-0.15, -0.1) is 0 Å². The Hall–Kier alpha value is -0.660. The molecule has 0 aliphatic rings. The molecule has 0 aromatic heterocycles. The lowest BCUT2D eigenvalue weighted by molar-refractivity contribution is -0.115. The minimum atomic E-state index is 0.212. The van der Waals surface area contributed by atoms with Gasteiger partial charge in [0.25, 0.3) is 0 Å². The van der Waals surface area contributed by atoms with Gasteiger partial charge in [-0.05, 0) is 20.3 Å². The van der Waals surface area contributed by atoms with Crippen LogP contribution in [0.15, 0.2) is 4.99 Å². The van der Waals surface area contributed by atoms with Crippen molar-refractivity contribution in [2.75, 3.05) is 6.54 Å². The number of carbonyl (C=O) groups is 1. The summed E-state index contributed by atoms with van der Waals surface area (Å²) in [6.07, 6.45) is 14.1. The van der Waals surface area contributed by atoms with E-state index in [0.29, 0.717) is 6.42 Å². The predicted octanol–water partition coefficient (Wildman–Crippen LogP) is 5.35. The van der Waals surface area contributed by atoms with Crippen LogP contribution < -0.4 is 0 Å². The third-order valence-electron chi connectivity index (χ3n) is 3.40. The van der Waals surface area contributed by atoms with Crippen molar-refractivity contribution in [2.24, 2.45) is 4.99 Å². The molecule has 0 saturated heterocycles. The van der Waals surface area contributed by atoms with Crippen LogP contribution in [0.25, 0.3) is 0 Å². The second-order valence-electron chi connectivity index (χ2n) is 5.68. The largest absolute Gasteiger partial charge is 0.300 e. The van der Waals surface area contributed by atoms with E-state index in [1.54, 1.807) is 6.92 Å². The van der Waals surface area contributed by atoms with Crippen molar-refractivity contribution in [2.45, 2.75) is 91.4 Å². The number of hydrogen-bond donors (Lipinski definition) is 0. The van der Waals surface area contributed by atoms with Crippen LogP contribution in [0.3, 0.4) is 0 Å². The zero-order valence-corrected chi connectivity index (χ0v) is 13.3. The first-order valence-corrected chi connectivity index (χ1v) is 8.16. The lowest BCUT2D eigenvalue weighted by Crippen LogP contribution is -2.00. The van der Waals surface area contributed by atoms with Crippen molar-refractivity contribution >= 4 is 11.5 Å². The first-order chi connectivity index (χ1) is 9.16. The van der Waals surface area contributed by atoms with Crippen LogP contribution in [0.1, 0.15) is 91.4 Å². The molecule has 112 valence electrons. The fourth-order valence-electron chi connectivity index (χ4n) is 2.29.